The zero-order valence-electron chi connectivity index (χ0n) is 10.4. The van der Waals surface area contributed by atoms with Gasteiger partial charge in [0.25, 0.3) is 0 Å². The fourth-order valence-electron chi connectivity index (χ4n) is 1.83. The van der Waals surface area contributed by atoms with Crippen LogP contribution >= 0.6 is 0 Å². The SMILES string of the molecule is COCCCC(Cc1cc(C)nn1C)NN. The molecule has 0 amide bonds. The van der Waals surface area contributed by atoms with E-state index in [2.05, 4.69) is 16.6 Å². The van der Waals surface area contributed by atoms with E-state index in [0.717, 1.165) is 31.6 Å². The first-order valence-corrected chi connectivity index (χ1v) is 5.62. The number of nitrogens with two attached hydrogens (primary N) is 1. The number of methoxy groups -OCH3 is 1. The molecule has 5 heteroatoms. The first kappa shape index (κ1) is 13.2. The summed E-state index contributed by atoms with van der Waals surface area (Å²) in [7, 11) is 3.68. The van der Waals surface area contributed by atoms with Crippen molar-refractivity contribution in [3.05, 3.63) is 17.5 Å². The lowest BCUT2D eigenvalue weighted by molar-refractivity contribution is 0.188. The van der Waals surface area contributed by atoms with Crippen molar-refractivity contribution < 1.29 is 4.74 Å². The van der Waals surface area contributed by atoms with Crippen molar-refractivity contribution in [2.75, 3.05) is 13.7 Å². The van der Waals surface area contributed by atoms with Crippen molar-refractivity contribution in [1.29, 1.82) is 0 Å². The second-order valence-electron chi connectivity index (χ2n) is 4.10. The highest BCUT2D eigenvalue weighted by Gasteiger charge is 2.10. The number of aryl methyl sites for hydroxylation is 2. The third-order valence-corrected chi connectivity index (χ3v) is 2.69. The summed E-state index contributed by atoms with van der Waals surface area (Å²) in [6, 6.07) is 2.38. The lowest BCUT2D eigenvalue weighted by atomic mass is 10.1. The smallest absolute Gasteiger partial charge is 0.0596 e. The molecule has 0 spiro atoms. The third kappa shape index (κ3) is 3.92. The number of nitrogens with zero attached hydrogens (tertiary/aromatic N) is 2. The molecule has 3 N–H and O–H groups in total. The van der Waals surface area contributed by atoms with Crippen LogP contribution in [-0.2, 0) is 18.2 Å². The summed E-state index contributed by atoms with van der Waals surface area (Å²) in [6.07, 6.45) is 2.92. The van der Waals surface area contributed by atoms with Crippen LogP contribution < -0.4 is 11.3 Å². The van der Waals surface area contributed by atoms with Gasteiger partial charge in [-0.2, -0.15) is 5.10 Å². The molecule has 1 rings (SSSR count). The van der Waals surface area contributed by atoms with Crippen molar-refractivity contribution in [3.63, 3.8) is 0 Å². The summed E-state index contributed by atoms with van der Waals surface area (Å²) < 4.78 is 6.94. The second kappa shape index (κ2) is 6.62. The molecule has 0 radical (unpaired) electrons. The van der Waals surface area contributed by atoms with E-state index in [1.165, 1.54) is 5.69 Å². The number of rotatable bonds is 7. The Hall–Kier alpha value is -0.910. The van der Waals surface area contributed by atoms with E-state index in [-0.39, 0.29) is 6.04 Å². The molecule has 92 valence electrons. The molecule has 5 nitrogen and oxygen atoms in total. The normalized spacial score (nSPS) is 13.0. The van der Waals surface area contributed by atoms with Crippen LogP contribution in [-0.4, -0.2) is 29.5 Å². The average Bonchev–Trinajstić information content (AvgIpc) is 2.56. The summed E-state index contributed by atoms with van der Waals surface area (Å²) in [6.45, 7) is 2.78. The maximum Gasteiger partial charge on any atom is 0.0596 e. The Bertz CT molecular complexity index is 311. The summed E-state index contributed by atoms with van der Waals surface area (Å²) in [5, 5.41) is 4.32. The first-order valence-electron chi connectivity index (χ1n) is 5.62. The third-order valence-electron chi connectivity index (χ3n) is 2.69. The van der Waals surface area contributed by atoms with Gasteiger partial charge in [0.2, 0.25) is 0 Å². The van der Waals surface area contributed by atoms with Crippen molar-refractivity contribution >= 4 is 0 Å². The highest BCUT2D eigenvalue weighted by Crippen LogP contribution is 2.08. The Labute approximate surface area is 96.9 Å². The van der Waals surface area contributed by atoms with E-state index >= 15 is 0 Å². The fraction of sp³-hybridized carbons (Fsp3) is 0.727. The highest BCUT2D eigenvalue weighted by atomic mass is 16.5. The van der Waals surface area contributed by atoms with Gasteiger partial charge in [0.05, 0.1) is 5.69 Å². The van der Waals surface area contributed by atoms with Crippen molar-refractivity contribution in [2.45, 2.75) is 32.2 Å². The quantitative estimate of drug-likeness (QED) is 0.404. The molecule has 0 aliphatic rings. The predicted octanol–water partition coefficient (Wildman–Crippen LogP) is 0.530. The van der Waals surface area contributed by atoms with Gasteiger partial charge in [-0.1, -0.05) is 0 Å². The van der Waals surface area contributed by atoms with Gasteiger partial charge in [-0.3, -0.25) is 16.0 Å². The van der Waals surface area contributed by atoms with Crippen molar-refractivity contribution in [1.82, 2.24) is 15.2 Å². The van der Waals surface area contributed by atoms with Crippen LogP contribution in [0.3, 0.4) is 0 Å². The molecule has 0 saturated carbocycles. The van der Waals surface area contributed by atoms with Crippen LogP contribution in [0.2, 0.25) is 0 Å². The molecular formula is C11H22N4O. The van der Waals surface area contributed by atoms with E-state index in [4.69, 9.17) is 10.6 Å². The van der Waals surface area contributed by atoms with Crippen LogP contribution in [0.4, 0.5) is 0 Å². The molecule has 1 heterocycles. The van der Waals surface area contributed by atoms with Crippen LogP contribution in [0.1, 0.15) is 24.2 Å². The lowest BCUT2D eigenvalue weighted by Gasteiger charge is -2.15. The van der Waals surface area contributed by atoms with Gasteiger partial charge in [0.15, 0.2) is 0 Å². The van der Waals surface area contributed by atoms with Crippen LogP contribution in [0.15, 0.2) is 6.07 Å². The number of hydrazine groups is 1. The van der Waals surface area contributed by atoms with Crippen LogP contribution in [0.25, 0.3) is 0 Å². The molecule has 0 aliphatic heterocycles. The van der Waals surface area contributed by atoms with Crippen LogP contribution in [0.5, 0.6) is 0 Å². The molecule has 0 bridgehead atoms. The minimum atomic E-state index is 0.282. The molecular weight excluding hydrogens is 204 g/mol. The van der Waals surface area contributed by atoms with E-state index in [0.29, 0.717) is 0 Å². The number of nitrogens with one attached hydrogen (secondary N) is 1. The molecule has 0 aliphatic carbocycles. The average molecular weight is 226 g/mol. The monoisotopic (exact) mass is 226 g/mol. The largest absolute Gasteiger partial charge is 0.385 e. The van der Waals surface area contributed by atoms with Gasteiger partial charge >= 0.3 is 0 Å². The van der Waals surface area contributed by atoms with Crippen LogP contribution in [0, 0.1) is 6.92 Å². The minimum absolute atomic E-state index is 0.282. The molecule has 1 atom stereocenters. The molecule has 1 unspecified atom stereocenters. The topological polar surface area (TPSA) is 65.1 Å². The maximum atomic E-state index is 5.54. The molecule has 0 aromatic carbocycles. The molecule has 0 saturated heterocycles. The number of hydrogen-bond acceptors (Lipinski definition) is 4. The van der Waals surface area contributed by atoms with Gasteiger partial charge in [0, 0.05) is 38.9 Å². The number of ether oxygens (including phenoxy) is 1. The Balaban J connectivity index is 2.46. The first-order chi connectivity index (χ1) is 7.67. The maximum absolute atomic E-state index is 5.54. The highest BCUT2D eigenvalue weighted by molar-refractivity contribution is 5.09. The summed E-state index contributed by atoms with van der Waals surface area (Å²) in [4.78, 5) is 0. The van der Waals surface area contributed by atoms with Gasteiger partial charge in [-0.05, 0) is 25.8 Å². The Morgan fingerprint density at radius 2 is 2.38 bits per heavy atom. The number of aromatic nitrogens is 2. The van der Waals surface area contributed by atoms with Crippen molar-refractivity contribution in [3.8, 4) is 0 Å². The second-order valence-corrected chi connectivity index (χ2v) is 4.10. The van der Waals surface area contributed by atoms with E-state index in [1.807, 2.05) is 18.7 Å². The Kier molecular flexibility index (Phi) is 5.45. The Morgan fingerprint density at radius 1 is 1.62 bits per heavy atom. The summed E-state index contributed by atoms with van der Waals surface area (Å²) in [5.74, 6) is 5.54. The van der Waals surface area contributed by atoms with Gasteiger partial charge < -0.3 is 4.74 Å². The van der Waals surface area contributed by atoms with E-state index in [1.54, 1.807) is 7.11 Å². The van der Waals surface area contributed by atoms with E-state index < -0.39 is 0 Å². The zero-order chi connectivity index (χ0) is 12.0. The van der Waals surface area contributed by atoms with Gasteiger partial charge in [0.1, 0.15) is 0 Å². The minimum Gasteiger partial charge on any atom is -0.385 e. The number of hydrogen-bond donors (Lipinski definition) is 2. The summed E-state index contributed by atoms with van der Waals surface area (Å²) in [5.41, 5.74) is 5.10. The molecule has 0 fully saturated rings. The molecule has 1 aromatic rings. The van der Waals surface area contributed by atoms with Gasteiger partial charge in [-0.15, -0.1) is 0 Å². The molecule has 1 aromatic heterocycles. The zero-order valence-corrected chi connectivity index (χ0v) is 10.4. The Morgan fingerprint density at radius 3 is 2.88 bits per heavy atom. The summed E-state index contributed by atoms with van der Waals surface area (Å²) >= 11 is 0. The van der Waals surface area contributed by atoms with E-state index in [9.17, 15) is 0 Å². The molecule has 16 heavy (non-hydrogen) atoms. The van der Waals surface area contributed by atoms with Crippen molar-refractivity contribution in [2.24, 2.45) is 12.9 Å². The predicted molar refractivity (Wildman–Crippen MR) is 63.9 cm³/mol. The van der Waals surface area contributed by atoms with Gasteiger partial charge in [-0.25, -0.2) is 0 Å². The standard InChI is InChI=1S/C11H22N4O/c1-9-7-11(15(2)14-9)8-10(13-12)5-4-6-16-3/h7,10,13H,4-6,8,12H2,1-3H3. The lowest BCUT2D eigenvalue weighted by Crippen LogP contribution is -2.37. The fourth-order valence-corrected chi connectivity index (χ4v) is 1.83.